The van der Waals surface area contributed by atoms with Gasteiger partial charge in [0, 0.05) is 25.7 Å². The number of fused-ring (bicyclic) bond motifs is 3. The van der Waals surface area contributed by atoms with Crippen LogP contribution in [-0.2, 0) is 7.05 Å². The zero-order valence-electron chi connectivity index (χ0n) is 14.7. The molecule has 7 heteroatoms. The molecule has 1 atom stereocenters. The van der Waals surface area contributed by atoms with Crippen molar-refractivity contribution in [3.63, 3.8) is 0 Å². The Morgan fingerprint density at radius 2 is 1.92 bits per heavy atom. The van der Waals surface area contributed by atoms with Crippen molar-refractivity contribution in [3.05, 3.63) is 52.2 Å². The Morgan fingerprint density at radius 3 is 2.58 bits per heavy atom. The Bertz CT molecular complexity index is 852. The first-order valence-electron chi connectivity index (χ1n) is 8.97. The molecule has 0 saturated carbocycles. The number of hydrogen-bond donors (Lipinski definition) is 1. The molecule has 2 bridgehead atoms. The van der Waals surface area contributed by atoms with Gasteiger partial charge in [0.15, 0.2) is 0 Å². The molecule has 0 radical (unpaired) electrons. The van der Waals surface area contributed by atoms with E-state index in [0.29, 0.717) is 22.9 Å². The van der Waals surface area contributed by atoms with Gasteiger partial charge in [-0.1, -0.05) is 12.1 Å². The van der Waals surface area contributed by atoms with Crippen LogP contribution in [0.1, 0.15) is 23.3 Å². The first-order chi connectivity index (χ1) is 12.5. The molecular weight excluding hydrogens is 332 g/mol. The van der Waals surface area contributed by atoms with Crippen LogP contribution in [0.2, 0.25) is 0 Å². The molecule has 3 saturated heterocycles. The molecule has 1 unspecified atom stereocenters. The Morgan fingerprint density at radius 1 is 1.19 bits per heavy atom. The highest BCUT2D eigenvalue weighted by Crippen LogP contribution is 2.31. The van der Waals surface area contributed by atoms with Gasteiger partial charge in [-0.2, -0.15) is 0 Å². The fourth-order valence-corrected chi connectivity index (χ4v) is 4.23. The van der Waals surface area contributed by atoms with Gasteiger partial charge in [-0.25, -0.2) is 0 Å². The summed E-state index contributed by atoms with van der Waals surface area (Å²) >= 11 is 0. The number of carbonyl (C=O) groups is 1. The fraction of sp³-hybridized carbons (Fsp3) is 0.421. The lowest BCUT2D eigenvalue weighted by molar-refractivity contribution is -0.384. The van der Waals surface area contributed by atoms with Crippen LogP contribution < -0.4 is 5.32 Å². The summed E-state index contributed by atoms with van der Waals surface area (Å²) in [5.74, 6) is 0.440. The van der Waals surface area contributed by atoms with E-state index in [-0.39, 0.29) is 17.6 Å². The maximum Gasteiger partial charge on any atom is 0.278 e. The van der Waals surface area contributed by atoms with Gasteiger partial charge in [0.2, 0.25) is 0 Å². The predicted molar refractivity (Wildman–Crippen MR) is 97.9 cm³/mol. The highest BCUT2D eigenvalue weighted by atomic mass is 16.6. The van der Waals surface area contributed by atoms with Crippen molar-refractivity contribution in [1.82, 2.24) is 14.8 Å². The summed E-state index contributed by atoms with van der Waals surface area (Å²) in [7, 11) is 1.78. The SMILES string of the molecule is Cn1c(C(=O)NC2CN3CCC2CC3)ccc1-c1ccccc1[N+](=O)[O-]. The van der Waals surface area contributed by atoms with Crippen LogP contribution in [0.25, 0.3) is 11.3 Å². The second kappa shape index (κ2) is 6.57. The highest BCUT2D eigenvalue weighted by molar-refractivity contribution is 5.94. The lowest BCUT2D eigenvalue weighted by Gasteiger charge is -2.44. The first kappa shape index (κ1) is 16.8. The summed E-state index contributed by atoms with van der Waals surface area (Å²) in [6, 6.07) is 10.3. The number of benzene rings is 1. The molecule has 1 aromatic heterocycles. The van der Waals surface area contributed by atoms with E-state index in [0.717, 1.165) is 32.5 Å². The number of aromatic nitrogens is 1. The molecule has 2 aromatic rings. The minimum Gasteiger partial charge on any atom is -0.346 e. The number of nitrogens with zero attached hydrogens (tertiary/aromatic N) is 3. The second-order valence-electron chi connectivity index (χ2n) is 7.16. The zero-order valence-corrected chi connectivity index (χ0v) is 14.7. The number of nitro groups is 1. The molecule has 7 nitrogen and oxygen atoms in total. The molecule has 26 heavy (non-hydrogen) atoms. The average Bonchev–Trinajstić information content (AvgIpc) is 3.04. The minimum atomic E-state index is -0.394. The number of nitrogens with one attached hydrogen (secondary N) is 1. The van der Waals surface area contributed by atoms with Crippen LogP contribution >= 0.6 is 0 Å². The molecule has 0 spiro atoms. The van der Waals surface area contributed by atoms with Gasteiger partial charge < -0.3 is 14.8 Å². The van der Waals surface area contributed by atoms with Gasteiger partial charge in [0.05, 0.1) is 16.2 Å². The van der Waals surface area contributed by atoms with Crippen molar-refractivity contribution in [2.75, 3.05) is 19.6 Å². The van der Waals surface area contributed by atoms with E-state index in [1.807, 2.05) is 0 Å². The second-order valence-corrected chi connectivity index (χ2v) is 7.16. The number of amides is 1. The number of para-hydroxylation sites is 1. The molecule has 5 rings (SSSR count). The van der Waals surface area contributed by atoms with Crippen molar-refractivity contribution < 1.29 is 9.72 Å². The van der Waals surface area contributed by atoms with Gasteiger partial charge in [0.1, 0.15) is 5.69 Å². The van der Waals surface area contributed by atoms with Crippen molar-refractivity contribution in [3.8, 4) is 11.3 Å². The van der Waals surface area contributed by atoms with Crippen molar-refractivity contribution in [2.24, 2.45) is 13.0 Å². The fourth-order valence-electron chi connectivity index (χ4n) is 4.23. The van der Waals surface area contributed by atoms with Gasteiger partial charge >= 0.3 is 0 Å². The van der Waals surface area contributed by atoms with E-state index < -0.39 is 4.92 Å². The monoisotopic (exact) mass is 354 g/mol. The third-order valence-corrected chi connectivity index (χ3v) is 5.70. The van der Waals surface area contributed by atoms with E-state index >= 15 is 0 Å². The molecule has 0 aliphatic carbocycles. The highest BCUT2D eigenvalue weighted by Gasteiger charge is 2.35. The van der Waals surface area contributed by atoms with E-state index in [1.165, 1.54) is 6.07 Å². The van der Waals surface area contributed by atoms with Crippen LogP contribution in [0.15, 0.2) is 36.4 Å². The smallest absolute Gasteiger partial charge is 0.278 e. The molecule has 3 aliphatic heterocycles. The summed E-state index contributed by atoms with van der Waals surface area (Å²) in [5.41, 5.74) is 1.74. The summed E-state index contributed by atoms with van der Waals surface area (Å²) in [4.78, 5) is 26.1. The summed E-state index contributed by atoms with van der Waals surface area (Å²) < 4.78 is 1.74. The van der Waals surface area contributed by atoms with Crippen molar-refractivity contribution in [1.29, 1.82) is 0 Å². The Hall–Kier alpha value is -2.67. The Kier molecular flexibility index (Phi) is 4.24. The number of piperidine rings is 3. The summed E-state index contributed by atoms with van der Waals surface area (Å²) in [6.07, 6.45) is 2.28. The number of hydrogen-bond acceptors (Lipinski definition) is 4. The third-order valence-electron chi connectivity index (χ3n) is 5.70. The molecule has 3 fully saturated rings. The van der Waals surface area contributed by atoms with Crippen LogP contribution in [-0.4, -0.2) is 46.0 Å². The molecule has 4 heterocycles. The normalized spacial score (nSPS) is 24.4. The lowest BCUT2D eigenvalue weighted by atomic mass is 9.84. The number of nitro benzene ring substituents is 1. The molecule has 1 aromatic carbocycles. The molecule has 3 aliphatic rings. The first-order valence-corrected chi connectivity index (χ1v) is 8.97. The number of carbonyl (C=O) groups excluding carboxylic acids is 1. The topological polar surface area (TPSA) is 80.4 Å². The molecule has 1 amide bonds. The summed E-state index contributed by atoms with van der Waals surface area (Å²) in [6.45, 7) is 3.17. The maximum atomic E-state index is 12.8. The Labute approximate surface area is 151 Å². The van der Waals surface area contributed by atoms with Gasteiger partial charge in [-0.05, 0) is 50.0 Å². The van der Waals surface area contributed by atoms with Crippen LogP contribution in [0, 0.1) is 16.0 Å². The van der Waals surface area contributed by atoms with E-state index in [9.17, 15) is 14.9 Å². The molecule has 1 N–H and O–H groups in total. The van der Waals surface area contributed by atoms with E-state index in [4.69, 9.17) is 0 Å². The van der Waals surface area contributed by atoms with Gasteiger partial charge in [-0.3, -0.25) is 14.9 Å². The zero-order chi connectivity index (χ0) is 18.3. The maximum absolute atomic E-state index is 12.8. The minimum absolute atomic E-state index is 0.0399. The van der Waals surface area contributed by atoms with Crippen LogP contribution in [0.4, 0.5) is 5.69 Å². The largest absolute Gasteiger partial charge is 0.346 e. The van der Waals surface area contributed by atoms with Crippen LogP contribution in [0.3, 0.4) is 0 Å². The standard InChI is InChI=1S/C19H22N4O3/c1-21-16(14-4-2-3-5-17(14)23(25)26)6-7-18(21)19(24)20-15-12-22-10-8-13(15)9-11-22/h2-7,13,15H,8-12H2,1H3,(H,20,24). The van der Waals surface area contributed by atoms with E-state index in [2.05, 4.69) is 10.2 Å². The molecule has 136 valence electrons. The van der Waals surface area contributed by atoms with Crippen LogP contribution in [0.5, 0.6) is 0 Å². The van der Waals surface area contributed by atoms with Gasteiger partial charge in [-0.15, -0.1) is 0 Å². The van der Waals surface area contributed by atoms with Crippen molar-refractivity contribution in [2.45, 2.75) is 18.9 Å². The summed E-state index contributed by atoms with van der Waals surface area (Å²) in [5, 5.41) is 14.5. The lowest BCUT2D eigenvalue weighted by Crippen LogP contribution is -2.57. The Balaban J connectivity index is 1.58. The molecular formula is C19H22N4O3. The quantitative estimate of drug-likeness (QED) is 0.675. The average molecular weight is 354 g/mol. The third kappa shape index (κ3) is 2.88. The predicted octanol–water partition coefficient (Wildman–Crippen LogP) is 2.42. The van der Waals surface area contributed by atoms with E-state index in [1.54, 1.807) is 41.9 Å². The van der Waals surface area contributed by atoms with Gasteiger partial charge in [0.25, 0.3) is 11.6 Å². The van der Waals surface area contributed by atoms with Crippen molar-refractivity contribution >= 4 is 11.6 Å². The number of rotatable bonds is 4.